The van der Waals surface area contributed by atoms with Crippen molar-refractivity contribution in [2.45, 2.75) is 4.58 Å². The van der Waals surface area contributed by atoms with Crippen LogP contribution in [-0.2, 0) is 4.74 Å². The second-order valence-corrected chi connectivity index (χ2v) is 4.28. The summed E-state index contributed by atoms with van der Waals surface area (Å²) in [7, 11) is 1.54. The lowest BCUT2D eigenvalue weighted by molar-refractivity contribution is 0.0506. The SMILES string of the molecule is COCOc1ccc(C=O)cc1C(S)S. The van der Waals surface area contributed by atoms with Crippen molar-refractivity contribution in [3.63, 3.8) is 0 Å². The highest BCUT2D eigenvalue weighted by atomic mass is 32.2. The van der Waals surface area contributed by atoms with Gasteiger partial charge in [0.25, 0.3) is 0 Å². The van der Waals surface area contributed by atoms with Crippen molar-refractivity contribution in [1.82, 2.24) is 0 Å². The second kappa shape index (κ2) is 6.05. The van der Waals surface area contributed by atoms with Crippen LogP contribution in [-0.4, -0.2) is 20.2 Å². The van der Waals surface area contributed by atoms with Crippen LogP contribution in [0.3, 0.4) is 0 Å². The van der Waals surface area contributed by atoms with Crippen LogP contribution < -0.4 is 4.74 Å². The molecule has 0 saturated heterocycles. The zero-order chi connectivity index (χ0) is 11.3. The van der Waals surface area contributed by atoms with E-state index in [-0.39, 0.29) is 11.4 Å². The summed E-state index contributed by atoms with van der Waals surface area (Å²) in [5.74, 6) is 0.623. The summed E-state index contributed by atoms with van der Waals surface area (Å²) in [6.07, 6.45) is 0.771. The van der Waals surface area contributed by atoms with E-state index in [4.69, 9.17) is 9.47 Å². The van der Waals surface area contributed by atoms with Gasteiger partial charge in [0.05, 0.1) is 4.58 Å². The number of ether oxygens (including phenoxy) is 2. The van der Waals surface area contributed by atoms with E-state index in [0.29, 0.717) is 11.3 Å². The summed E-state index contributed by atoms with van der Waals surface area (Å²) in [4.78, 5) is 10.6. The Kier molecular flexibility index (Phi) is 5.01. The molecule has 0 aromatic heterocycles. The molecule has 0 aliphatic rings. The van der Waals surface area contributed by atoms with Gasteiger partial charge in [-0.05, 0) is 18.2 Å². The molecule has 5 heteroatoms. The van der Waals surface area contributed by atoms with E-state index in [0.717, 1.165) is 11.8 Å². The highest BCUT2D eigenvalue weighted by Crippen LogP contribution is 2.32. The van der Waals surface area contributed by atoms with Crippen LogP contribution in [0.1, 0.15) is 20.5 Å². The Labute approximate surface area is 99.6 Å². The Morgan fingerprint density at radius 3 is 2.73 bits per heavy atom. The topological polar surface area (TPSA) is 35.5 Å². The lowest BCUT2D eigenvalue weighted by Crippen LogP contribution is -2.02. The number of aldehydes is 1. The van der Waals surface area contributed by atoms with Crippen LogP contribution in [0.4, 0.5) is 0 Å². The normalized spacial score (nSPS) is 10.4. The van der Waals surface area contributed by atoms with Crippen molar-refractivity contribution in [3.8, 4) is 5.75 Å². The molecule has 0 heterocycles. The minimum Gasteiger partial charge on any atom is -0.467 e. The van der Waals surface area contributed by atoms with Crippen LogP contribution in [0.15, 0.2) is 18.2 Å². The number of carbonyl (C=O) groups excluding carboxylic acids is 1. The molecule has 1 aromatic carbocycles. The molecule has 1 aromatic rings. The summed E-state index contributed by atoms with van der Waals surface area (Å²) in [6, 6.07) is 5.08. The molecule has 82 valence electrons. The number of benzene rings is 1. The molecule has 0 saturated carbocycles. The van der Waals surface area contributed by atoms with Gasteiger partial charge in [0.2, 0.25) is 0 Å². The van der Waals surface area contributed by atoms with Gasteiger partial charge < -0.3 is 9.47 Å². The number of methoxy groups -OCH3 is 1. The number of thiol groups is 2. The number of hydrogen-bond acceptors (Lipinski definition) is 5. The maximum atomic E-state index is 10.6. The molecule has 0 bridgehead atoms. The molecule has 0 N–H and O–H groups in total. The average Bonchev–Trinajstić information content (AvgIpc) is 2.26. The summed E-state index contributed by atoms with van der Waals surface area (Å²) >= 11 is 8.39. The van der Waals surface area contributed by atoms with E-state index in [1.807, 2.05) is 0 Å². The van der Waals surface area contributed by atoms with Crippen molar-refractivity contribution in [3.05, 3.63) is 29.3 Å². The third-order valence-corrected chi connectivity index (χ3v) is 2.34. The van der Waals surface area contributed by atoms with Crippen molar-refractivity contribution >= 4 is 31.5 Å². The molecule has 0 atom stereocenters. The molecule has 1 rings (SSSR count). The van der Waals surface area contributed by atoms with Gasteiger partial charge in [-0.15, -0.1) is 0 Å². The number of rotatable bonds is 5. The monoisotopic (exact) mass is 244 g/mol. The summed E-state index contributed by atoms with van der Waals surface area (Å²) in [5, 5.41) is 0. The van der Waals surface area contributed by atoms with Gasteiger partial charge in [-0.2, -0.15) is 25.3 Å². The zero-order valence-electron chi connectivity index (χ0n) is 8.21. The minimum atomic E-state index is -0.295. The van der Waals surface area contributed by atoms with Crippen molar-refractivity contribution in [1.29, 1.82) is 0 Å². The Morgan fingerprint density at radius 2 is 2.20 bits per heavy atom. The van der Waals surface area contributed by atoms with Crippen LogP contribution in [0.25, 0.3) is 0 Å². The van der Waals surface area contributed by atoms with Crippen molar-refractivity contribution in [2.24, 2.45) is 0 Å². The third-order valence-electron chi connectivity index (χ3n) is 1.78. The van der Waals surface area contributed by atoms with Gasteiger partial charge in [-0.1, -0.05) is 0 Å². The molecule has 0 aliphatic carbocycles. The number of carbonyl (C=O) groups is 1. The summed E-state index contributed by atoms with van der Waals surface area (Å²) in [6.45, 7) is 0.154. The molecule has 0 fully saturated rings. The highest BCUT2D eigenvalue weighted by Gasteiger charge is 2.09. The van der Waals surface area contributed by atoms with Crippen LogP contribution in [0.2, 0.25) is 0 Å². The number of hydrogen-bond donors (Lipinski definition) is 2. The standard InChI is InChI=1S/C10H12O3S2/c1-12-6-13-9-3-2-7(5-11)4-8(9)10(14)15/h2-5,10,14-15H,6H2,1H3. The fraction of sp³-hybridized carbons (Fsp3) is 0.300. The first kappa shape index (κ1) is 12.4. The smallest absolute Gasteiger partial charge is 0.188 e. The largest absolute Gasteiger partial charge is 0.467 e. The predicted molar refractivity (Wildman–Crippen MR) is 65.0 cm³/mol. The molecule has 0 amide bonds. The van der Waals surface area contributed by atoms with Gasteiger partial charge in [-0.3, -0.25) is 4.79 Å². The van der Waals surface area contributed by atoms with Crippen molar-refractivity contribution in [2.75, 3.05) is 13.9 Å². The van der Waals surface area contributed by atoms with E-state index in [1.54, 1.807) is 25.3 Å². The van der Waals surface area contributed by atoms with Gasteiger partial charge in [0.1, 0.15) is 12.0 Å². The Morgan fingerprint density at radius 1 is 1.47 bits per heavy atom. The maximum Gasteiger partial charge on any atom is 0.188 e. The maximum absolute atomic E-state index is 10.6. The quantitative estimate of drug-likeness (QED) is 0.474. The summed E-state index contributed by atoms with van der Waals surface area (Å²) < 4.78 is 9.81. The lowest BCUT2D eigenvalue weighted by Gasteiger charge is -2.12. The molecule has 0 unspecified atom stereocenters. The van der Waals surface area contributed by atoms with Gasteiger partial charge in [0, 0.05) is 18.2 Å². The highest BCUT2D eigenvalue weighted by molar-refractivity contribution is 7.98. The third kappa shape index (κ3) is 3.44. The zero-order valence-corrected chi connectivity index (χ0v) is 10.0. The fourth-order valence-electron chi connectivity index (χ4n) is 1.10. The Hall–Kier alpha value is -0.650. The van der Waals surface area contributed by atoms with E-state index in [1.165, 1.54) is 0 Å². The van der Waals surface area contributed by atoms with Crippen molar-refractivity contribution < 1.29 is 14.3 Å². The lowest BCUT2D eigenvalue weighted by atomic mass is 10.1. The Balaban J connectivity index is 2.98. The van der Waals surface area contributed by atoms with E-state index in [9.17, 15) is 4.79 Å². The summed E-state index contributed by atoms with van der Waals surface area (Å²) in [5.41, 5.74) is 1.33. The van der Waals surface area contributed by atoms with Crippen LogP contribution in [0, 0.1) is 0 Å². The van der Waals surface area contributed by atoms with E-state index >= 15 is 0 Å². The molecule has 0 aliphatic heterocycles. The molecule has 3 nitrogen and oxygen atoms in total. The average molecular weight is 244 g/mol. The molecule has 0 spiro atoms. The van der Waals surface area contributed by atoms with Gasteiger partial charge >= 0.3 is 0 Å². The van der Waals surface area contributed by atoms with Crippen LogP contribution in [0.5, 0.6) is 5.75 Å². The predicted octanol–water partition coefficient (Wildman–Crippen LogP) is 2.34. The first-order chi connectivity index (χ1) is 7.19. The van der Waals surface area contributed by atoms with E-state index in [2.05, 4.69) is 25.3 Å². The second-order valence-electron chi connectivity index (χ2n) is 2.84. The first-order valence-corrected chi connectivity index (χ1v) is 5.29. The fourth-order valence-corrected chi connectivity index (χ4v) is 1.50. The minimum absolute atomic E-state index is 0.154. The molecule has 0 radical (unpaired) electrons. The first-order valence-electron chi connectivity index (χ1n) is 4.26. The van der Waals surface area contributed by atoms with E-state index < -0.39 is 0 Å². The molecular weight excluding hydrogens is 232 g/mol. The molecular formula is C10H12O3S2. The molecule has 15 heavy (non-hydrogen) atoms. The van der Waals surface area contributed by atoms with Gasteiger partial charge in [-0.25, -0.2) is 0 Å². The Bertz CT molecular complexity index is 339. The van der Waals surface area contributed by atoms with Crippen LogP contribution >= 0.6 is 25.3 Å². The van der Waals surface area contributed by atoms with Gasteiger partial charge in [0.15, 0.2) is 6.79 Å².